The topological polar surface area (TPSA) is 41.2 Å². The standard InChI is InChI=1S/C23H27N3O/c1-26(16-18-11-13-27-14-12-18)17-22-15-24-25-23(22)21-9-7-20(8-10-21)19-5-3-2-4-6-19/h2-10,15,18H,11-14,16-17H2,1H3,(H,24,25). The number of ether oxygens (including phenoxy) is 1. The highest BCUT2D eigenvalue weighted by Gasteiger charge is 2.17. The van der Waals surface area contributed by atoms with E-state index in [0.717, 1.165) is 37.9 Å². The van der Waals surface area contributed by atoms with E-state index in [4.69, 9.17) is 4.74 Å². The summed E-state index contributed by atoms with van der Waals surface area (Å²) in [6, 6.07) is 19.2. The van der Waals surface area contributed by atoms with E-state index in [9.17, 15) is 0 Å². The Morgan fingerprint density at radius 3 is 2.37 bits per heavy atom. The van der Waals surface area contributed by atoms with Crippen molar-refractivity contribution < 1.29 is 4.74 Å². The molecule has 1 saturated heterocycles. The van der Waals surface area contributed by atoms with Crippen molar-refractivity contribution in [3.63, 3.8) is 0 Å². The summed E-state index contributed by atoms with van der Waals surface area (Å²) >= 11 is 0. The fraction of sp³-hybridized carbons (Fsp3) is 0.348. The van der Waals surface area contributed by atoms with Crippen LogP contribution in [-0.4, -0.2) is 41.9 Å². The molecule has 0 saturated carbocycles. The van der Waals surface area contributed by atoms with E-state index in [1.54, 1.807) is 0 Å². The molecule has 140 valence electrons. The average Bonchev–Trinajstić information content (AvgIpc) is 3.17. The van der Waals surface area contributed by atoms with Gasteiger partial charge in [0.2, 0.25) is 0 Å². The first-order chi connectivity index (χ1) is 13.3. The maximum atomic E-state index is 5.47. The minimum Gasteiger partial charge on any atom is -0.381 e. The van der Waals surface area contributed by atoms with E-state index in [1.807, 2.05) is 12.3 Å². The molecule has 3 aromatic rings. The van der Waals surface area contributed by atoms with Gasteiger partial charge in [0.1, 0.15) is 0 Å². The lowest BCUT2D eigenvalue weighted by Gasteiger charge is -2.27. The van der Waals surface area contributed by atoms with Gasteiger partial charge in [-0.15, -0.1) is 0 Å². The molecule has 0 spiro atoms. The number of H-pyrrole nitrogens is 1. The van der Waals surface area contributed by atoms with E-state index in [0.29, 0.717) is 0 Å². The second-order valence-corrected chi connectivity index (χ2v) is 7.47. The molecule has 0 aliphatic carbocycles. The van der Waals surface area contributed by atoms with Crippen molar-refractivity contribution >= 4 is 0 Å². The van der Waals surface area contributed by atoms with E-state index in [-0.39, 0.29) is 0 Å². The highest BCUT2D eigenvalue weighted by atomic mass is 16.5. The molecule has 1 fully saturated rings. The van der Waals surface area contributed by atoms with Gasteiger partial charge in [0, 0.05) is 31.9 Å². The lowest BCUT2D eigenvalue weighted by atomic mass is 9.99. The molecule has 1 N–H and O–H groups in total. The van der Waals surface area contributed by atoms with Crippen LogP contribution in [0.4, 0.5) is 0 Å². The van der Waals surface area contributed by atoms with E-state index in [2.05, 4.69) is 70.7 Å². The Morgan fingerprint density at radius 2 is 1.63 bits per heavy atom. The summed E-state index contributed by atoms with van der Waals surface area (Å²) in [5, 5.41) is 7.50. The molecule has 1 aromatic heterocycles. The summed E-state index contributed by atoms with van der Waals surface area (Å²) < 4.78 is 5.47. The lowest BCUT2D eigenvalue weighted by molar-refractivity contribution is 0.0550. The Hall–Kier alpha value is -2.43. The fourth-order valence-corrected chi connectivity index (χ4v) is 3.87. The third-order valence-electron chi connectivity index (χ3n) is 5.35. The number of nitrogens with one attached hydrogen (secondary N) is 1. The van der Waals surface area contributed by atoms with Crippen LogP contribution in [0.3, 0.4) is 0 Å². The summed E-state index contributed by atoms with van der Waals surface area (Å²) in [6.07, 6.45) is 4.30. The SMILES string of the molecule is CN(Cc1cn[nH]c1-c1ccc(-c2ccccc2)cc1)CC1CCOCC1. The second kappa shape index (κ2) is 8.51. The number of benzene rings is 2. The van der Waals surface area contributed by atoms with Crippen molar-refractivity contribution in [2.24, 2.45) is 5.92 Å². The largest absolute Gasteiger partial charge is 0.381 e. The third-order valence-corrected chi connectivity index (χ3v) is 5.35. The van der Waals surface area contributed by atoms with Gasteiger partial charge in [0.15, 0.2) is 0 Å². The van der Waals surface area contributed by atoms with Gasteiger partial charge in [-0.1, -0.05) is 54.6 Å². The summed E-state index contributed by atoms with van der Waals surface area (Å²) in [6.45, 7) is 3.83. The van der Waals surface area contributed by atoms with Crippen LogP contribution in [0.25, 0.3) is 22.4 Å². The number of aromatic nitrogens is 2. The fourth-order valence-electron chi connectivity index (χ4n) is 3.87. The van der Waals surface area contributed by atoms with Crippen molar-refractivity contribution in [1.82, 2.24) is 15.1 Å². The van der Waals surface area contributed by atoms with Crippen LogP contribution in [0.15, 0.2) is 60.8 Å². The smallest absolute Gasteiger partial charge is 0.0695 e. The Bertz CT molecular complexity index is 836. The normalized spacial score (nSPS) is 15.3. The molecule has 4 nitrogen and oxygen atoms in total. The van der Waals surface area contributed by atoms with Crippen molar-refractivity contribution in [2.45, 2.75) is 19.4 Å². The molecule has 0 amide bonds. The highest BCUT2D eigenvalue weighted by Crippen LogP contribution is 2.26. The Balaban J connectivity index is 1.45. The van der Waals surface area contributed by atoms with Crippen LogP contribution in [0, 0.1) is 5.92 Å². The van der Waals surface area contributed by atoms with Crippen LogP contribution in [0.2, 0.25) is 0 Å². The Morgan fingerprint density at radius 1 is 0.963 bits per heavy atom. The molecule has 0 atom stereocenters. The van der Waals surface area contributed by atoms with Crippen LogP contribution < -0.4 is 0 Å². The zero-order valence-corrected chi connectivity index (χ0v) is 15.9. The van der Waals surface area contributed by atoms with Gasteiger partial charge in [0.25, 0.3) is 0 Å². The Labute approximate surface area is 161 Å². The number of hydrogen-bond donors (Lipinski definition) is 1. The zero-order chi connectivity index (χ0) is 18.5. The molecule has 0 unspecified atom stereocenters. The van der Waals surface area contributed by atoms with Gasteiger partial charge in [-0.2, -0.15) is 5.10 Å². The van der Waals surface area contributed by atoms with E-state index < -0.39 is 0 Å². The van der Waals surface area contributed by atoms with Gasteiger partial charge in [-0.25, -0.2) is 0 Å². The maximum absolute atomic E-state index is 5.47. The first-order valence-corrected chi connectivity index (χ1v) is 9.74. The monoisotopic (exact) mass is 361 g/mol. The van der Waals surface area contributed by atoms with Gasteiger partial charge in [-0.05, 0) is 42.5 Å². The number of nitrogens with zero attached hydrogens (tertiary/aromatic N) is 2. The molecule has 1 aliphatic heterocycles. The summed E-state index contributed by atoms with van der Waals surface area (Å²) in [5.41, 5.74) is 6.02. The Kier molecular flexibility index (Phi) is 5.66. The molecule has 2 heterocycles. The second-order valence-electron chi connectivity index (χ2n) is 7.47. The third kappa shape index (κ3) is 4.46. The predicted molar refractivity (Wildman–Crippen MR) is 109 cm³/mol. The van der Waals surface area contributed by atoms with E-state index in [1.165, 1.54) is 35.1 Å². The number of hydrogen-bond acceptors (Lipinski definition) is 3. The van der Waals surface area contributed by atoms with Crippen LogP contribution in [0.5, 0.6) is 0 Å². The van der Waals surface area contributed by atoms with Crippen LogP contribution in [0.1, 0.15) is 18.4 Å². The average molecular weight is 361 g/mol. The highest BCUT2D eigenvalue weighted by molar-refractivity contribution is 5.69. The molecule has 4 heteroatoms. The molecule has 0 radical (unpaired) electrons. The molecular formula is C23H27N3O. The summed E-state index contributed by atoms with van der Waals surface area (Å²) in [7, 11) is 2.20. The first-order valence-electron chi connectivity index (χ1n) is 9.74. The van der Waals surface area contributed by atoms with Crippen molar-refractivity contribution in [2.75, 3.05) is 26.8 Å². The van der Waals surface area contributed by atoms with Crippen LogP contribution >= 0.6 is 0 Å². The molecule has 2 aromatic carbocycles. The molecule has 27 heavy (non-hydrogen) atoms. The molecule has 0 bridgehead atoms. The van der Waals surface area contributed by atoms with Gasteiger partial charge in [-0.3, -0.25) is 5.10 Å². The van der Waals surface area contributed by atoms with Crippen LogP contribution in [-0.2, 0) is 11.3 Å². The molecule has 4 rings (SSSR count). The first kappa shape index (κ1) is 18.0. The van der Waals surface area contributed by atoms with Gasteiger partial charge >= 0.3 is 0 Å². The summed E-state index contributed by atoms with van der Waals surface area (Å²) in [4.78, 5) is 2.41. The predicted octanol–water partition coefficient (Wildman–Crippen LogP) is 4.60. The molecule has 1 aliphatic rings. The molecular weight excluding hydrogens is 334 g/mol. The van der Waals surface area contributed by atoms with E-state index >= 15 is 0 Å². The summed E-state index contributed by atoms with van der Waals surface area (Å²) in [5.74, 6) is 0.740. The van der Waals surface area contributed by atoms with Crippen molar-refractivity contribution in [3.8, 4) is 22.4 Å². The lowest BCUT2D eigenvalue weighted by Crippen LogP contribution is -2.29. The number of rotatable bonds is 6. The van der Waals surface area contributed by atoms with Gasteiger partial charge in [0.05, 0.1) is 11.9 Å². The maximum Gasteiger partial charge on any atom is 0.0695 e. The minimum atomic E-state index is 0.740. The minimum absolute atomic E-state index is 0.740. The number of aromatic amines is 1. The van der Waals surface area contributed by atoms with Crippen molar-refractivity contribution in [3.05, 3.63) is 66.4 Å². The van der Waals surface area contributed by atoms with Crippen molar-refractivity contribution in [1.29, 1.82) is 0 Å². The van der Waals surface area contributed by atoms with Gasteiger partial charge < -0.3 is 9.64 Å². The zero-order valence-electron chi connectivity index (χ0n) is 15.9. The quantitative estimate of drug-likeness (QED) is 0.697.